The molecule has 1 aliphatic rings. The van der Waals surface area contributed by atoms with Gasteiger partial charge in [-0.1, -0.05) is 129 Å². The first-order chi connectivity index (χ1) is 25.0. The molecule has 1 heterocycles. The minimum Gasteiger partial charge on any atom is -0.462 e. The summed E-state index contributed by atoms with van der Waals surface area (Å²) in [4.78, 5) is 25.2. The Hall–Kier alpha value is -1.61. The van der Waals surface area contributed by atoms with Crippen LogP contribution in [0.4, 0.5) is 0 Å². The summed E-state index contributed by atoms with van der Waals surface area (Å²) in [5.41, 5.74) is 0. The van der Waals surface area contributed by atoms with Gasteiger partial charge in [-0.3, -0.25) is 14.1 Å². The summed E-state index contributed by atoms with van der Waals surface area (Å²) in [6, 6.07) is 0. The van der Waals surface area contributed by atoms with Crippen LogP contribution in [0.3, 0.4) is 0 Å². The van der Waals surface area contributed by atoms with E-state index in [9.17, 15) is 37.9 Å². The highest BCUT2D eigenvalue weighted by Crippen LogP contribution is 2.24. The molecular weight excluding hydrogens is 692 g/mol. The van der Waals surface area contributed by atoms with Crippen LogP contribution in [0.5, 0.6) is 0 Å². The van der Waals surface area contributed by atoms with E-state index in [4.69, 9.17) is 18.9 Å². The molecule has 12 nitrogen and oxygen atoms in total. The van der Waals surface area contributed by atoms with Gasteiger partial charge in [0.05, 0.1) is 6.61 Å². The van der Waals surface area contributed by atoms with Gasteiger partial charge in [0.15, 0.2) is 12.4 Å². The molecule has 0 spiro atoms. The highest BCUT2D eigenvalue weighted by molar-refractivity contribution is 7.85. The van der Waals surface area contributed by atoms with Gasteiger partial charge in [0.2, 0.25) is 0 Å². The quantitative estimate of drug-likeness (QED) is 0.0230. The van der Waals surface area contributed by atoms with E-state index in [0.29, 0.717) is 12.8 Å². The van der Waals surface area contributed by atoms with Crippen LogP contribution in [0.25, 0.3) is 0 Å². The Kier molecular flexibility index (Phi) is 28.6. The second kappa shape index (κ2) is 30.7. The molecule has 0 aromatic carbocycles. The van der Waals surface area contributed by atoms with E-state index in [2.05, 4.69) is 26.0 Å². The topological polar surface area (TPSA) is 186 Å². The molecule has 0 radical (unpaired) electrons. The van der Waals surface area contributed by atoms with E-state index in [-0.39, 0.29) is 19.4 Å². The highest BCUT2D eigenvalue weighted by atomic mass is 32.2. The fourth-order valence-electron chi connectivity index (χ4n) is 6.14. The molecule has 306 valence electrons. The van der Waals surface area contributed by atoms with Gasteiger partial charge in [-0.25, -0.2) is 0 Å². The molecule has 1 rings (SSSR count). The van der Waals surface area contributed by atoms with Gasteiger partial charge in [-0.15, -0.1) is 0 Å². The molecule has 1 aliphatic heterocycles. The van der Waals surface area contributed by atoms with Crippen molar-refractivity contribution in [1.29, 1.82) is 0 Å². The van der Waals surface area contributed by atoms with Crippen molar-refractivity contribution >= 4 is 22.1 Å². The lowest BCUT2D eigenvalue weighted by atomic mass is 10.00. The maximum absolute atomic E-state index is 12.7. The number of hydrogen-bond donors (Lipinski definition) is 4. The molecule has 0 bridgehead atoms. The summed E-state index contributed by atoms with van der Waals surface area (Å²) < 4.78 is 53.8. The maximum atomic E-state index is 12.7. The van der Waals surface area contributed by atoms with Crippen LogP contribution in [0.2, 0.25) is 0 Å². The summed E-state index contributed by atoms with van der Waals surface area (Å²) in [7, 11) is -4.59. The third kappa shape index (κ3) is 25.4. The van der Waals surface area contributed by atoms with Crippen LogP contribution >= 0.6 is 0 Å². The first kappa shape index (κ1) is 48.4. The average molecular weight is 765 g/mol. The number of aliphatic hydroxyl groups is 3. The highest BCUT2D eigenvalue weighted by Gasteiger charge is 2.46. The van der Waals surface area contributed by atoms with Crippen molar-refractivity contribution in [1.82, 2.24) is 0 Å². The zero-order valence-corrected chi connectivity index (χ0v) is 33.0. The zero-order chi connectivity index (χ0) is 38.5. The molecule has 0 aliphatic carbocycles. The Morgan fingerprint density at radius 2 is 1.10 bits per heavy atom. The Morgan fingerprint density at radius 3 is 1.63 bits per heavy atom. The predicted octanol–water partition coefficient (Wildman–Crippen LogP) is 7.11. The monoisotopic (exact) mass is 764 g/mol. The van der Waals surface area contributed by atoms with E-state index in [1.54, 1.807) is 0 Å². The third-order valence-electron chi connectivity index (χ3n) is 9.35. The molecule has 1 saturated heterocycles. The summed E-state index contributed by atoms with van der Waals surface area (Å²) in [6.45, 7) is 3.70. The van der Waals surface area contributed by atoms with Crippen molar-refractivity contribution in [3.63, 3.8) is 0 Å². The van der Waals surface area contributed by atoms with Crippen LogP contribution in [0.15, 0.2) is 12.2 Å². The number of aliphatic hydroxyl groups excluding tert-OH is 3. The molecule has 4 N–H and O–H groups in total. The van der Waals surface area contributed by atoms with Gasteiger partial charge in [0, 0.05) is 12.8 Å². The van der Waals surface area contributed by atoms with E-state index in [1.165, 1.54) is 89.9 Å². The van der Waals surface area contributed by atoms with E-state index >= 15 is 0 Å². The van der Waals surface area contributed by atoms with Gasteiger partial charge in [-0.05, 0) is 38.5 Å². The molecule has 1 fully saturated rings. The normalized spacial score (nSPS) is 21.4. The third-order valence-corrected chi connectivity index (χ3v) is 10.1. The van der Waals surface area contributed by atoms with Gasteiger partial charge < -0.3 is 34.3 Å². The van der Waals surface area contributed by atoms with Crippen molar-refractivity contribution in [2.24, 2.45) is 0 Å². The van der Waals surface area contributed by atoms with Crippen LogP contribution in [-0.2, 0) is 38.7 Å². The smallest absolute Gasteiger partial charge is 0.306 e. The molecular formula is C39H72O12S. The first-order valence-corrected chi connectivity index (χ1v) is 21.9. The summed E-state index contributed by atoms with van der Waals surface area (Å²) in [5, 5.41) is 30.7. The Morgan fingerprint density at radius 1 is 0.635 bits per heavy atom. The van der Waals surface area contributed by atoms with Gasteiger partial charge >= 0.3 is 11.9 Å². The van der Waals surface area contributed by atoms with E-state index < -0.39 is 71.2 Å². The lowest BCUT2D eigenvalue weighted by molar-refractivity contribution is -0.297. The molecule has 52 heavy (non-hydrogen) atoms. The number of carbonyl (C=O) groups is 2. The largest absolute Gasteiger partial charge is 0.462 e. The first-order valence-electron chi connectivity index (χ1n) is 20.2. The van der Waals surface area contributed by atoms with Crippen LogP contribution in [0.1, 0.15) is 168 Å². The molecule has 13 heteroatoms. The van der Waals surface area contributed by atoms with Crippen molar-refractivity contribution in [3.8, 4) is 0 Å². The number of ether oxygens (including phenoxy) is 4. The van der Waals surface area contributed by atoms with Crippen LogP contribution < -0.4 is 0 Å². The molecule has 0 amide bonds. The van der Waals surface area contributed by atoms with Crippen molar-refractivity contribution in [2.75, 3.05) is 19.0 Å². The van der Waals surface area contributed by atoms with Gasteiger partial charge in [-0.2, -0.15) is 8.42 Å². The standard InChI is InChI=1S/C39H72O12S/c1-3-5-7-9-11-13-14-15-16-17-18-20-21-23-25-27-34(40)48-29-32(50-35(41)28-26-24-22-19-12-10-8-6-4-2)30-49-39-38(44)37(43)36(42)33(51-39)31-52(45,46)47/h18,20,32-33,36-39,42-44H,3-17,19,21-31H2,1-2H3,(H,45,46,47)/b20-18+/t32-,33-,36-,37?,38?,39+/m1/s1. The van der Waals surface area contributed by atoms with Gasteiger partial charge in [0.25, 0.3) is 10.1 Å². The Bertz CT molecular complexity index is 1040. The number of allylic oxidation sites excluding steroid dienone is 2. The fraction of sp³-hybridized carbons (Fsp3) is 0.897. The molecule has 0 saturated carbocycles. The van der Waals surface area contributed by atoms with Crippen LogP contribution in [-0.4, -0.2) is 96.0 Å². The number of esters is 2. The van der Waals surface area contributed by atoms with Crippen molar-refractivity contribution in [3.05, 3.63) is 12.2 Å². The fourth-order valence-corrected chi connectivity index (χ4v) is 6.83. The number of rotatable bonds is 33. The maximum Gasteiger partial charge on any atom is 0.306 e. The second-order valence-corrected chi connectivity index (χ2v) is 15.8. The summed E-state index contributed by atoms with van der Waals surface area (Å²) >= 11 is 0. The van der Waals surface area contributed by atoms with E-state index in [0.717, 1.165) is 38.5 Å². The van der Waals surface area contributed by atoms with Crippen molar-refractivity contribution < 1.29 is 56.8 Å². The lowest BCUT2D eigenvalue weighted by Gasteiger charge is -2.40. The SMILES string of the molecule is CCCCCCCCCCC/C=C/CCCCC(=O)OC[C@H](CO[C@H]1O[C@H](CS(=O)(=O)O)[C@@H](O)C(O)C1O)OC(=O)CCCCCCCCCCC. The molecule has 2 unspecified atom stereocenters. The summed E-state index contributed by atoms with van der Waals surface area (Å²) in [6.07, 6.45) is 20.0. The number of carbonyl (C=O) groups excluding carboxylic acids is 2. The number of unbranched alkanes of at least 4 members (excludes halogenated alkanes) is 19. The predicted molar refractivity (Wildman–Crippen MR) is 201 cm³/mol. The minimum atomic E-state index is -4.59. The number of hydrogen-bond acceptors (Lipinski definition) is 11. The van der Waals surface area contributed by atoms with Crippen molar-refractivity contribution in [2.45, 2.75) is 205 Å². The Labute approximate surface area is 314 Å². The zero-order valence-electron chi connectivity index (χ0n) is 32.2. The molecule has 0 aromatic rings. The Balaban J connectivity index is 2.49. The van der Waals surface area contributed by atoms with Crippen LogP contribution in [0, 0.1) is 0 Å². The van der Waals surface area contributed by atoms with E-state index in [1.807, 2.05) is 0 Å². The minimum absolute atomic E-state index is 0.164. The lowest BCUT2D eigenvalue weighted by Crippen LogP contribution is -2.60. The second-order valence-electron chi connectivity index (χ2n) is 14.3. The molecule has 6 atom stereocenters. The average Bonchev–Trinajstić information content (AvgIpc) is 3.10. The molecule has 0 aromatic heterocycles. The van der Waals surface area contributed by atoms with Gasteiger partial charge in [0.1, 0.15) is 36.8 Å². The summed E-state index contributed by atoms with van der Waals surface area (Å²) in [5.74, 6) is -2.01.